The molecule has 1 saturated heterocycles. The Kier molecular flexibility index (Phi) is 4.15. The van der Waals surface area contributed by atoms with Crippen LogP contribution in [0.15, 0.2) is 53.1 Å². The number of hydrogen-bond acceptors (Lipinski definition) is 5. The monoisotopic (exact) mass is 324 g/mol. The molecule has 1 fully saturated rings. The van der Waals surface area contributed by atoms with E-state index in [0.717, 1.165) is 18.7 Å². The first-order valence-corrected chi connectivity index (χ1v) is 8.12. The topological polar surface area (TPSA) is 56.3 Å². The van der Waals surface area contributed by atoms with Crippen LogP contribution in [0.4, 0.5) is 0 Å². The van der Waals surface area contributed by atoms with Gasteiger partial charge in [0.15, 0.2) is 0 Å². The highest BCUT2D eigenvalue weighted by Crippen LogP contribution is 2.26. The summed E-state index contributed by atoms with van der Waals surface area (Å²) in [7, 11) is 2.06. The maximum Gasteiger partial charge on any atom is 0.247 e. The van der Waals surface area contributed by atoms with Crippen molar-refractivity contribution in [1.29, 1.82) is 0 Å². The molecular formula is C18H20N4O2. The summed E-state index contributed by atoms with van der Waals surface area (Å²) in [6.45, 7) is 2.87. The quantitative estimate of drug-likeness (QED) is 0.738. The Balaban J connectivity index is 1.53. The number of ether oxygens (including phenoxy) is 1. The van der Waals surface area contributed by atoms with Gasteiger partial charge in [-0.3, -0.25) is 4.90 Å². The smallest absolute Gasteiger partial charge is 0.247 e. The molecule has 3 heterocycles. The molecule has 6 heteroatoms. The highest BCUT2D eigenvalue weighted by atomic mass is 16.5. The van der Waals surface area contributed by atoms with Gasteiger partial charge in [-0.1, -0.05) is 18.2 Å². The molecule has 1 atom stereocenters. The molecule has 0 saturated carbocycles. The average molecular weight is 324 g/mol. The fraction of sp³-hybridized carbons (Fsp3) is 0.333. The largest absolute Gasteiger partial charge is 0.419 e. The minimum Gasteiger partial charge on any atom is -0.419 e. The lowest BCUT2D eigenvalue weighted by molar-refractivity contribution is -0.0185. The van der Waals surface area contributed by atoms with Gasteiger partial charge in [-0.15, -0.1) is 10.2 Å². The number of morpholine rings is 1. The zero-order valence-corrected chi connectivity index (χ0v) is 13.6. The molecule has 0 amide bonds. The van der Waals surface area contributed by atoms with Crippen LogP contribution in [0.5, 0.6) is 0 Å². The predicted octanol–water partition coefficient (Wildman–Crippen LogP) is 2.65. The number of benzene rings is 1. The Morgan fingerprint density at radius 1 is 1.12 bits per heavy atom. The van der Waals surface area contributed by atoms with Crippen molar-refractivity contribution in [2.45, 2.75) is 12.6 Å². The maximum atomic E-state index is 5.86. The van der Waals surface area contributed by atoms with E-state index in [-0.39, 0.29) is 6.04 Å². The zero-order chi connectivity index (χ0) is 16.4. The fourth-order valence-electron chi connectivity index (χ4n) is 3.11. The summed E-state index contributed by atoms with van der Waals surface area (Å²) in [5, 5.41) is 8.40. The molecule has 124 valence electrons. The van der Waals surface area contributed by atoms with Crippen molar-refractivity contribution in [3.05, 3.63) is 60.2 Å². The second-order valence-electron chi connectivity index (χ2n) is 5.97. The summed E-state index contributed by atoms with van der Waals surface area (Å²) in [5.41, 5.74) is 2.18. The predicted molar refractivity (Wildman–Crippen MR) is 89.1 cm³/mol. The van der Waals surface area contributed by atoms with Crippen LogP contribution in [0.1, 0.15) is 17.6 Å². The van der Waals surface area contributed by atoms with E-state index in [1.807, 2.05) is 30.3 Å². The van der Waals surface area contributed by atoms with Crippen LogP contribution >= 0.6 is 0 Å². The second kappa shape index (κ2) is 6.59. The first-order chi connectivity index (χ1) is 11.8. The van der Waals surface area contributed by atoms with Crippen LogP contribution in [0, 0.1) is 0 Å². The van der Waals surface area contributed by atoms with Crippen LogP contribution in [-0.2, 0) is 18.3 Å². The van der Waals surface area contributed by atoms with Gasteiger partial charge in [-0.05, 0) is 24.3 Å². The summed E-state index contributed by atoms with van der Waals surface area (Å²) in [6, 6.07) is 14.2. The Hall–Kier alpha value is -2.44. The van der Waals surface area contributed by atoms with Crippen molar-refractivity contribution in [1.82, 2.24) is 19.7 Å². The first-order valence-electron chi connectivity index (χ1n) is 8.12. The van der Waals surface area contributed by atoms with Crippen LogP contribution in [0.3, 0.4) is 0 Å². The average Bonchev–Trinajstić information content (AvgIpc) is 3.25. The molecule has 6 nitrogen and oxygen atoms in total. The molecule has 1 aromatic carbocycles. The highest BCUT2D eigenvalue weighted by Gasteiger charge is 2.27. The SMILES string of the molecule is Cn1cccc1[C@@H]1COCCN1Cc1nnc(-c2ccccc2)o1. The Labute approximate surface area is 140 Å². The second-order valence-corrected chi connectivity index (χ2v) is 5.97. The van der Waals surface area contributed by atoms with Crippen molar-refractivity contribution in [2.24, 2.45) is 7.05 Å². The molecule has 2 aromatic heterocycles. The van der Waals surface area contributed by atoms with E-state index < -0.39 is 0 Å². The molecule has 0 radical (unpaired) electrons. The van der Waals surface area contributed by atoms with Gasteiger partial charge in [-0.2, -0.15) is 0 Å². The standard InChI is InChI=1S/C18H20N4O2/c1-21-9-5-8-15(21)16-13-23-11-10-22(16)12-17-19-20-18(24-17)14-6-3-2-4-7-14/h2-9,16H,10-13H2,1H3/t16-/m0/s1. The molecule has 24 heavy (non-hydrogen) atoms. The lowest BCUT2D eigenvalue weighted by Crippen LogP contribution is -2.39. The van der Waals surface area contributed by atoms with Crippen molar-refractivity contribution in [2.75, 3.05) is 19.8 Å². The van der Waals surface area contributed by atoms with Gasteiger partial charge in [0.25, 0.3) is 0 Å². The Morgan fingerprint density at radius 3 is 2.79 bits per heavy atom. The van der Waals surface area contributed by atoms with Crippen LogP contribution < -0.4 is 0 Å². The molecule has 1 aliphatic rings. The van der Waals surface area contributed by atoms with E-state index in [1.165, 1.54) is 5.69 Å². The summed E-state index contributed by atoms with van der Waals surface area (Å²) < 4.78 is 13.7. The Bertz CT molecular complexity index is 796. The van der Waals surface area contributed by atoms with E-state index in [9.17, 15) is 0 Å². The third-order valence-corrected chi connectivity index (χ3v) is 4.39. The summed E-state index contributed by atoms with van der Waals surface area (Å²) in [6.07, 6.45) is 2.06. The van der Waals surface area contributed by atoms with Gasteiger partial charge >= 0.3 is 0 Å². The van der Waals surface area contributed by atoms with Crippen molar-refractivity contribution in [3.8, 4) is 11.5 Å². The maximum absolute atomic E-state index is 5.86. The van der Waals surface area contributed by atoms with Gasteiger partial charge in [0, 0.05) is 31.0 Å². The van der Waals surface area contributed by atoms with Crippen LogP contribution in [0.2, 0.25) is 0 Å². The van der Waals surface area contributed by atoms with Crippen molar-refractivity contribution >= 4 is 0 Å². The van der Waals surface area contributed by atoms with E-state index >= 15 is 0 Å². The van der Waals surface area contributed by atoms with Gasteiger partial charge in [0.2, 0.25) is 11.8 Å². The number of hydrogen-bond donors (Lipinski definition) is 0. The zero-order valence-electron chi connectivity index (χ0n) is 13.6. The molecule has 0 N–H and O–H groups in total. The normalized spacial score (nSPS) is 18.8. The van der Waals surface area contributed by atoms with E-state index in [4.69, 9.17) is 9.15 Å². The van der Waals surface area contributed by atoms with Crippen molar-refractivity contribution < 1.29 is 9.15 Å². The molecule has 0 spiro atoms. The number of aryl methyl sites for hydroxylation is 1. The minimum atomic E-state index is 0.200. The van der Waals surface area contributed by atoms with Crippen LogP contribution in [-0.4, -0.2) is 39.4 Å². The molecular weight excluding hydrogens is 304 g/mol. The van der Waals surface area contributed by atoms with E-state index in [1.54, 1.807) is 0 Å². The molecule has 0 unspecified atom stereocenters. The summed E-state index contributed by atoms with van der Waals surface area (Å²) >= 11 is 0. The van der Waals surface area contributed by atoms with Gasteiger partial charge in [0.05, 0.1) is 25.8 Å². The number of rotatable bonds is 4. The van der Waals surface area contributed by atoms with Crippen LogP contribution in [0.25, 0.3) is 11.5 Å². The number of aromatic nitrogens is 3. The molecule has 4 rings (SSSR count). The summed E-state index contributed by atoms with van der Waals surface area (Å²) in [5.74, 6) is 1.20. The van der Waals surface area contributed by atoms with E-state index in [0.29, 0.717) is 24.9 Å². The first kappa shape index (κ1) is 15.1. The number of nitrogens with zero attached hydrogens (tertiary/aromatic N) is 4. The Morgan fingerprint density at radius 2 is 2.00 bits per heavy atom. The van der Waals surface area contributed by atoms with Gasteiger partial charge in [0.1, 0.15) is 0 Å². The minimum absolute atomic E-state index is 0.200. The third kappa shape index (κ3) is 2.98. The van der Waals surface area contributed by atoms with Crippen molar-refractivity contribution in [3.63, 3.8) is 0 Å². The highest BCUT2D eigenvalue weighted by molar-refractivity contribution is 5.51. The van der Waals surface area contributed by atoms with Gasteiger partial charge in [-0.25, -0.2) is 0 Å². The lowest BCUT2D eigenvalue weighted by Gasteiger charge is -2.34. The molecule has 3 aromatic rings. The van der Waals surface area contributed by atoms with E-state index in [2.05, 4.69) is 45.0 Å². The summed E-state index contributed by atoms with van der Waals surface area (Å²) in [4.78, 5) is 2.33. The van der Waals surface area contributed by atoms with Gasteiger partial charge < -0.3 is 13.7 Å². The third-order valence-electron chi connectivity index (χ3n) is 4.39. The lowest BCUT2D eigenvalue weighted by atomic mass is 10.1. The molecule has 0 aliphatic carbocycles. The molecule has 0 bridgehead atoms. The fourth-order valence-corrected chi connectivity index (χ4v) is 3.11. The molecule has 1 aliphatic heterocycles.